The zero-order chi connectivity index (χ0) is 14.6. The summed E-state index contributed by atoms with van der Waals surface area (Å²) < 4.78 is 0. The Morgan fingerprint density at radius 2 is 1.90 bits per heavy atom. The van der Waals surface area contributed by atoms with Gasteiger partial charge in [-0.25, -0.2) is 4.98 Å². The molecule has 0 atom stereocenters. The van der Waals surface area contributed by atoms with Crippen molar-refractivity contribution in [3.63, 3.8) is 0 Å². The first-order chi connectivity index (χ1) is 9.64. The van der Waals surface area contributed by atoms with Gasteiger partial charge in [0.2, 0.25) is 0 Å². The lowest BCUT2D eigenvalue weighted by atomic mass is 9.95. The number of fused-ring (bicyclic) bond motifs is 1. The van der Waals surface area contributed by atoms with Crippen LogP contribution in [0.4, 0.5) is 0 Å². The SMILES string of the molecule is CCC(CC)(CBr)NC(=O)c1ccc2ccccc2n1. The summed E-state index contributed by atoms with van der Waals surface area (Å²) >= 11 is 3.50. The van der Waals surface area contributed by atoms with Gasteiger partial charge in [-0.05, 0) is 25.0 Å². The van der Waals surface area contributed by atoms with Crippen molar-refractivity contribution in [1.82, 2.24) is 10.3 Å². The number of benzene rings is 1. The number of nitrogens with zero attached hydrogens (tertiary/aromatic N) is 1. The molecule has 0 saturated heterocycles. The molecule has 0 aliphatic carbocycles. The van der Waals surface area contributed by atoms with Gasteiger partial charge < -0.3 is 5.32 Å². The van der Waals surface area contributed by atoms with E-state index in [1.165, 1.54) is 0 Å². The van der Waals surface area contributed by atoms with Gasteiger partial charge in [0, 0.05) is 16.3 Å². The van der Waals surface area contributed by atoms with Crippen molar-refractivity contribution >= 4 is 32.7 Å². The smallest absolute Gasteiger partial charge is 0.270 e. The number of amides is 1. The van der Waals surface area contributed by atoms with Crippen LogP contribution in [-0.4, -0.2) is 21.8 Å². The molecule has 2 rings (SSSR count). The normalized spacial score (nSPS) is 11.6. The van der Waals surface area contributed by atoms with Gasteiger partial charge in [-0.15, -0.1) is 0 Å². The molecule has 0 spiro atoms. The third kappa shape index (κ3) is 3.01. The highest BCUT2D eigenvalue weighted by Crippen LogP contribution is 2.19. The Bertz CT molecular complexity index is 600. The summed E-state index contributed by atoms with van der Waals surface area (Å²) in [4.78, 5) is 16.8. The molecule has 2 aromatic rings. The fourth-order valence-electron chi connectivity index (χ4n) is 2.15. The first kappa shape index (κ1) is 15.0. The van der Waals surface area contributed by atoms with Gasteiger partial charge in [0.05, 0.1) is 5.52 Å². The van der Waals surface area contributed by atoms with Crippen LogP contribution < -0.4 is 5.32 Å². The van der Waals surface area contributed by atoms with Crippen molar-refractivity contribution in [2.24, 2.45) is 0 Å². The zero-order valence-corrected chi connectivity index (χ0v) is 13.4. The maximum Gasteiger partial charge on any atom is 0.270 e. The molecular formula is C16H19BrN2O. The quantitative estimate of drug-likeness (QED) is 0.842. The van der Waals surface area contributed by atoms with E-state index in [9.17, 15) is 4.79 Å². The second-order valence-corrected chi connectivity index (χ2v) is 5.53. The third-order valence-electron chi connectivity index (χ3n) is 3.82. The van der Waals surface area contributed by atoms with Gasteiger partial charge in [0.15, 0.2) is 0 Å². The number of halogens is 1. The van der Waals surface area contributed by atoms with E-state index in [1.54, 1.807) is 6.07 Å². The number of rotatable bonds is 5. The molecule has 0 fully saturated rings. The van der Waals surface area contributed by atoms with Gasteiger partial charge in [-0.1, -0.05) is 54.0 Å². The predicted molar refractivity (Wildman–Crippen MR) is 86.3 cm³/mol. The first-order valence-electron chi connectivity index (χ1n) is 6.88. The van der Waals surface area contributed by atoms with Crippen LogP contribution in [-0.2, 0) is 0 Å². The van der Waals surface area contributed by atoms with Crippen LogP contribution in [0.3, 0.4) is 0 Å². The summed E-state index contributed by atoms with van der Waals surface area (Å²) in [5.74, 6) is -0.112. The number of hydrogen-bond acceptors (Lipinski definition) is 2. The maximum atomic E-state index is 12.4. The number of para-hydroxylation sites is 1. The van der Waals surface area contributed by atoms with Crippen molar-refractivity contribution < 1.29 is 4.79 Å². The molecule has 3 nitrogen and oxygen atoms in total. The van der Waals surface area contributed by atoms with Crippen LogP contribution in [0.5, 0.6) is 0 Å². The van der Waals surface area contributed by atoms with Crippen LogP contribution in [0.25, 0.3) is 10.9 Å². The number of hydrogen-bond donors (Lipinski definition) is 1. The lowest BCUT2D eigenvalue weighted by Gasteiger charge is -2.30. The molecule has 4 heteroatoms. The number of pyridine rings is 1. The highest BCUT2D eigenvalue weighted by Gasteiger charge is 2.27. The number of alkyl halides is 1. The largest absolute Gasteiger partial charge is 0.344 e. The molecule has 1 N–H and O–H groups in total. The Hall–Kier alpha value is -1.42. The van der Waals surface area contributed by atoms with Crippen molar-refractivity contribution in [1.29, 1.82) is 0 Å². The molecule has 1 aromatic carbocycles. The Labute approximate surface area is 127 Å². The molecule has 0 bridgehead atoms. The standard InChI is InChI=1S/C16H19BrN2O/c1-3-16(4-2,11-17)19-15(20)14-10-9-12-7-5-6-8-13(12)18-14/h5-10H,3-4,11H2,1-2H3,(H,19,20). The van der Waals surface area contributed by atoms with E-state index in [-0.39, 0.29) is 11.4 Å². The van der Waals surface area contributed by atoms with E-state index in [4.69, 9.17) is 0 Å². The molecule has 0 unspecified atom stereocenters. The Kier molecular flexibility index (Phi) is 4.76. The monoisotopic (exact) mass is 334 g/mol. The van der Waals surface area contributed by atoms with Crippen molar-refractivity contribution in [3.8, 4) is 0 Å². The van der Waals surface area contributed by atoms with Crippen LogP contribution in [0, 0.1) is 0 Å². The lowest BCUT2D eigenvalue weighted by Crippen LogP contribution is -2.49. The predicted octanol–water partition coefficient (Wildman–Crippen LogP) is 3.92. The lowest BCUT2D eigenvalue weighted by molar-refractivity contribution is 0.0899. The number of carbonyl (C=O) groups is 1. The summed E-state index contributed by atoms with van der Waals surface area (Å²) in [5.41, 5.74) is 1.11. The number of aromatic nitrogens is 1. The molecule has 106 valence electrons. The molecule has 0 aliphatic heterocycles. The minimum absolute atomic E-state index is 0.112. The Morgan fingerprint density at radius 3 is 2.55 bits per heavy atom. The zero-order valence-electron chi connectivity index (χ0n) is 11.8. The minimum Gasteiger partial charge on any atom is -0.344 e. The van der Waals surface area contributed by atoms with E-state index >= 15 is 0 Å². The van der Waals surface area contributed by atoms with E-state index < -0.39 is 0 Å². The molecule has 1 aromatic heterocycles. The first-order valence-corrected chi connectivity index (χ1v) is 8.00. The maximum absolute atomic E-state index is 12.4. The molecule has 1 amide bonds. The molecule has 20 heavy (non-hydrogen) atoms. The van der Waals surface area contributed by atoms with E-state index in [2.05, 4.69) is 40.1 Å². The van der Waals surface area contributed by atoms with Crippen LogP contribution >= 0.6 is 15.9 Å². The second-order valence-electron chi connectivity index (χ2n) is 4.96. The summed E-state index contributed by atoms with van der Waals surface area (Å²) in [6.07, 6.45) is 1.77. The van der Waals surface area contributed by atoms with Crippen LogP contribution in [0.1, 0.15) is 37.2 Å². The van der Waals surface area contributed by atoms with Gasteiger partial charge in [0.25, 0.3) is 5.91 Å². The summed E-state index contributed by atoms with van der Waals surface area (Å²) in [6.45, 7) is 4.16. The summed E-state index contributed by atoms with van der Waals surface area (Å²) in [5, 5.41) is 4.90. The highest BCUT2D eigenvalue weighted by molar-refractivity contribution is 9.09. The van der Waals surface area contributed by atoms with Crippen LogP contribution in [0.2, 0.25) is 0 Å². The fraction of sp³-hybridized carbons (Fsp3) is 0.375. The van der Waals surface area contributed by atoms with E-state index in [0.29, 0.717) is 5.69 Å². The van der Waals surface area contributed by atoms with Gasteiger partial charge >= 0.3 is 0 Å². The third-order valence-corrected chi connectivity index (χ3v) is 4.89. The fourth-order valence-corrected chi connectivity index (χ4v) is 3.08. The van der Waals surface area contributed by atoms with Crippen molar-refractivity contribution in [2.45, 2.75) is 32.2 Å². The average molecular weight is 335 g/mol. The van der Waals surface area contributed by atoms with Crippen molar-refractivity contribution in [2.75, 3.05) is 5.33 Å². The second kappa shape index (κ2) is 6.35. The number of carbonyl (C=O) groups excluding carboxylic acids is 1. The summed E-state index contributed by atoms with van der Waals surface area (Å²) in [7, 11) is 0. The van der Waals surface area contributed by atoms with E-state index in [1.807, 2.05) is 30.3 Å². The molecule has 0 saturated carbocycles. The highest BCUT2D eigenvalue weighted by atomic mass is 79.9. The average Bonchev–Trinajstić information content (AvgIpc) is 2.52. The van der Waals surface area contributed by atoms with E-state index in [0.717, 1.165) is 29.1 Å². The number of nitrogens with one attached hydrogen (secondary N) is 1. The summed E-state index contributed by atoms with van der Waals surface area (Å²) in [6, 6.07) is 11.5. The van der Waals surface area contributed by atoms with Gasteiger partial charge in [-0.2, -0.15) is 0 Å². The van der Waals surface area contributed by atoms with Gasteiger partial charge in [0.1, 0.15) is 5.69 Å². The van der Waals surface area contributed by atoms with Crippen LogP contribution in [0.15, 0.2) is 36.4 Å². The Balaban J connectivity index is 2.27. The molecule has 0 aliphatic rings. The minimum atomic E-state index is -0.204. The molecule has 1 heterocycles. The van der Waals surface area contributed by atoms with Gasteiger partial charge in [-0.3, -0.25) is 4.79 Å². The topological polar surface area (TPSA) is 42.0 Å². The molecular weight excluding hydrogens is 316 g/mol. The Morgan fingerprint density at radius 1 is 1.20 bits per heavy atom. The van der Waals surface area contributed by atoms with Crippen molar-refractivity contribution in [3.05, 3.63) is 42.1 Å². The molecule has 0 radical (unpaired) electrons.